The van der Waals surface area contributed by atoms with E-state index in [0.717, 1.165) is 35.1 Å². The largest absolute Gasteiger partial charge is 0.493 e. The third-order valence-corrected chi connectivity index (χ3v) is 7.67. The summed E-state index contributed by atoms with van der Waals surface area (Å²) in [4.78, 5) is 52.9. The van der Waals surface area contributed by atoms with Gasteiger partial charge in [-0.2, -0.15) is 0 Å². The van der Waals surface area contributed by atoms with Gasteiger partial charge in [0.15, 0.2) is 16.3 Å². The molecule has 13 nitrogen and oxygen atoms in total. The van der Waals surface area contributed by atoms with Gasteiger partial charge in [-0.1, -0.05) is 47.7 Å². The van der Waals surface area contributed by atoms with E-state index in [2.05, 4.69) is 4.99 Å². The summed E-state index contributed by atoms with van der Waals surface area (Å²) in [5.74, 6) is -0.456. The minimum atomic E-state index is -0.777. The van der Waals surface area contributed by atoms with Crippen molar-refractivity contribution >= 4 is 34.8 Å². The molecule has 224 valence electrons. The van der Waals surface area contributed by atoms with E-state index in [9.17, 15) is 29.8 Å². The van der Waals surface area contributed by atoms with Gasteiger partial charge in [0.1, 0.15) is 0 Å². The Kier molecular flexibility index (Phi) is 8.35. The first-order valence-corrected chi connectivity index (χ1v) is 14.0. The average Bonchev–Trinajstić information content (AvgIpc) is 3.31. The summed E-state index contributed by atoms with van der Waals surface area (Å²) < 4.78 is 18.3. The van der Waals surface area contributed by atoms with Gasteiger partial charge in [0.2, 0.25) is 5.75 Å². The van der Waals surface area contributed by atoms with Crippen molar-refractivity contribution in [2.75, 3.05) is 13.7 Å². The van der Waals surface area contributed by atoms with Crippen molar-refractivity contribution in [3.05, 3.63) is 129 Å². The molecule has 1 atom stereocenters. The molecule has 0 unspecified atom stereocenters. The number of hydrogen-bond acceptors (Lipinski definition) is 11. The molecule has 3 aromatic carbocycles. The molecule has 44 heavy (non-hydrogen) atoms. The van der Waals surface area contributed by atoms with Crippen LogP contribution in [0.15, 0.2) is 87.8 Å². The number of hydrogen-bond donors (Lipinski definition) is 0. The third kappa shape index (κ3) is 5.70. The van der Waals surface area contributed by atoms with Gasteiger partial charge in [0.05, 0.1) is 51.5 Å². The lowest BCUT2D eigenvalue weighted by molar-refractivity contribution is -0.394. The number of aromatic nitrogens is 1. The van der Waals surface area contributed by atoms with E-state index in [1.54, 1.807) is 32.1 Å². The average molecular weight is 617 g/mol. The molecule has 1 aromatic heterocycles. The van der Waals surface area contributed by atoms with Crippen molar-refractivity contribution in [1.29, 1.82) is 0 Å². The van der Waals surface area contributed by atoms with Gasteiger partial charge in [-0.15, -0.1) is 0 Å². The van der Waals surface area contributed by atoms with Gasteiger partial charge in [0.25, 0.3) is 11.2 Å². The first-order chi connectivity index (χ1) is 21.1. The zero-order valence-corrected chi connectivity index (χ0v) is 24.4. The smallest absolute Gasteiger partial charge is 0.338 e. The number of non-ortho nitro benzene ring substituents is 1. The van der Waals surface area contributed by atoms with Crippen LogP contribution in [-0.2, 0) is 9.53 Å². The standard InChI is InChI=1S/C30H24N4O9S/c1-4-42-29(36)26-17(2)31-30-32(27(26)19-8-6-5-7-9-19)28(35)25(44-30)15-18-10-12-23(24(14-18)41-3)43-22-13-11-20(33(37)38)16-21(22)34(39)40/h5-16,27H,4H2,1-3H3/b25-15-/t27-/m0/s1. The van der Waals surface area contributed by atoms with Crippen LogP contribution in [-0.4, -0.2) is 34.1 Å². The first-order valence-electron chi connectivity index (χ1n) is 13.2. The predicted octanol–water partition coefficient (Wildman–Crippen LogP) is 4.42. The second-order valence-electron chi connectivity index (χ2n) is 9.39. The molecular formula is C30H24N4O9S. The van der Waals surface area contributed by atoms with Gasteiger partial charge in [-0.25, -0.2) is 9.79 Å². The van der Waals surface area contributed by atoms with E-state index >= 15 is 0 Å². The second-order valence-corrected chi connectivity index (χ2v) is 10.4. The SMILES string of the molecule is CCOC(=O)C1=C(C)N=c2s/c(=C\c3ccc(Oc4ccc([N+](=O)[O-])cc4[N+](=O)[O-])c(OC)c3)c(=O)n2[C@H]1c1ccccc1. The lowest BCUT2D eigenvalue weighted by Crippen LogP contribution is -2.39. The van der Waals surface area contributed by atoms with E-state index in [-0.39, 0.29) is 35.0 Å². The number of rotatable bonds is 9. The monoisotopic (exact) mass is 616 g/mol. The van der Waals surface area contributed by atoms with Crippen molar-refractivity contribution in [1.82, 2.24) is 4.57 Å². The van der Waals surface area contributed by atoms with Gasteiger partial charge in [-0.05, 0) is 49.2 Å². The van der Waals surface area contributed by atoms with Crippen molar-refractivity contribution in [3.8, 4) is 17.2 Å². The van der Waals surface area contributed by atoms with Crippen LogP contribution >= 0.6 is 11.3 Å². The fraction of sp³-hybridized carbons (Fsp3) is 0.167. The van der Waals surface area contributed by atoms with Crippen molar-refractivity contribution in [2.45, 2.75) is 19.9 Å². The van der Waals surface area contributed by atoms with Crippen molar-refractivity contribution in [2.24, 2.45) is 4.99 Å². The molecule has 1 aliphatic heterocycles. The maximum atomic E-state index is 13.8. The molecule has 1 aliphatic rings. The van der Waals surface area contributed by atoms with E-state index in [1.165, 1.54) is 17.7 Å². The predicted molar refractivity (Wildman–Crippen MR) is 160 cm³/mol. The number of methoxy groups -OCH3 is 1. The number of fused-ring (bicyclic) bond motifs is 1. The summed E-state index contributed by atoms with van der Waals surface area (Å²) in [7, 11) is 1.38. The Morgan fingerprint density at radius 3 is 2.41 bits per heavy atom. The molecule has 0 saturated heterocycles. The van der Waals surface area contributed by atoms with Crippen LogP contribution in [0.5, 0.6) is 17.2 Å². The Balaban J connectivity index is 1.56. The van der Waals surface area contributed by atoms with Crippen LogP contribution < -0.4 is 24.4 Å². The summed E-state index contributed by atoms with van der Waals surface area (Å²) in [5, 5.41) is 22.6. The van der Waals surface area contributed by atoms with Gasteiger partial charge in [-0.3, -0.25) is 29.6 Å². The Labute approximate surface area is 252 Å². The molecule has 0 fully saturated rings. The Bertz CT molecular complexity index is 2020. The summed E-state index contributed by atoms with van der Waals surface area (Å²) in [6.45, 7) is 3.58. The molecule has 0 saturated carbocycles. The molecule has 4 aromatic rings. The van der Waals surface area contributed by atoms with Gasteiger partial charge in [0, 0.05) is 6.07 Å². The molecule has 0 amide bonds. The third-order valence-electron chi connectivity index (χ3n) is 6.69. The van der Waals surface area contributed by atoms with E-state index in [0.29, 0.717) is 20.6 Å². The highest BCUT2D eigenvalue weighted by Crippen LogP contribution is 2.38. The minimum absolute atomic E-state index is 0.113. The molecule has 14 heteroatoms. The fourth-order valence-corrected chi connectivity index (χ4v) is 5.77. The van der Waals surface area contributed by atoms with E-state index in [1.807, 2.05) is 30.3 Å². The van der Waals surface area contributed by atoms with E-state index in [4.69, 9.17) is 14.2 Å². The molecule has 0 radical (unpaired) electrons. The highest BCUT2D eigenvalue weighted by Gasteiger charge is 2.33. The van der Waals surface area contributed by atoms with Crippen LogP contribution in [0.2, 0.25) is 0 Å². The summed E-state index contributed by atoms with van der Waals surface area (Å²) >= 11 is 1.16. The topological polar surface area (TPSA) is 165 Å². The summed E-state index contributed by atoms with van der Waals surface area (Å²) in [6, 6.07) is 16.2. The molecule has 2 heterocycles. The zero-order chi connectivity index (χ0) is 31.5. The summed E-state index contributed by atoms with van der Waals surface area (Å²) in [5.41, 5.74) is 0.604. The number of benzene rings is 3. The fourth-order valence-electron chi connectivity index (χ4n) is 4.72. The minimum Gasteiger partial charge on any atom is -0.493 e. The Morgan fingerprint density at radius 1 is 1.02 bits per heavy atom. The number of nitro groups is 2. The Hall–Kier alpha value is -5.63. The van der Waals surface area contributed by atoms with Crippen molar-refractivity contribution < 1.29 is 28.9 Å². The van der Waals surface area contributed by atoms with Crippen LogP contribution in [0.25, 0.3) is 6.08 Å². The first kappa shape index (κ1) is 29.8. The highest BCUT2D eigenvalue weighted by atomic mass is 32.1. The Morgan fingerprint density at radius 2 is 1.75 bits per heavy atom. The molecule has 0 aliphatic carbocycles. The quantitative estimate of drug-likeness (QED) is 0.150. The number of carbonyl (C=O) groups excluding carboxylic acids is 1. The lowest BCUT2D eigenvalue weighted by atomic mass is 9.96. The van der Waals surface area contributed by atoms with Gasteiger partial charge < -0.3 is 14.2 Å². The second kappa shape index (κ2) is 12.3. The van der Waals surface area contributed by atoms with Crippen LogP contribution in [0.1, 0.15) is 31.0 Å². The maximum Gasteiger partial charge on any atom is 0.338 e. The van der Waals surface area contributed by atoms with Crippen molar-refractivity contribution in [3.63, 3.8) is 0 Å². The number of esters is 1. The number of thiazole rings is 1. The molecule has 0 bridgehead atoms. The number of ether oxygens (including phenoxy) is 3. The van der Waals surface area contributed by atoms with Crippen LogP contribution in [0.3, 0.4) is 0 Å². The number of carbonyl (C=O) groups is 1. The molecular weight excluding hydrogens is 592 g/mol. The van der Waals surface area contributed by atoms with Crippen LogP contribution in [0, 0.1) is 20.2 Å². The molecule has 5 rings (SSSR count). The van der Waals surface area contributed by atoms with Gasteiger partial charge >= 0.3 is 11.7 Å². The molecule has 0 N–H and O–H groups in total. The molecule has 0 spiro atoms. The normalized spacial score (nSPS) is 14.4. The van der Waals surface area contributed by atoms with E-state index < -0.39 is 33.2 Å². The summed E-state index contributed by atoms with van der Waals surface area (Å²) in [6.07, 6.45) is 1.63. The highest BCUT2D eigenvalue weighted by molar-refractivity contribution is 7.07. The maximum absolute atomic E-state index is 13.8. The number of allylic oxidation sites excluding steroid dienone is 1. The lowest BCUT2D eigenvalue weighted by Gasteiger charge is -2.24. The van der Waals surface area contributed by atoms with Crippen LogP contribution in [0.4, 0.5) is 11.4 Å². The number of nitro benzene ring substituents is 2. The zero-order valence-electron chi connectivity index (χ0n) is 23.6. The number of nitrogens with zero attached hydrogens (tertiary/aromatic N) is 4.